The van der Waals surface area contributed by atoms with Gasteiger partial charge in [-0.2, -0.15) is 0 Å². The zero-order chi connectivity index (χ0) is 11.1. The third kappa shape index (κ3) is 1.31. The standard InChI is InChI=1S/C13H15NO2/c15-13(16)10-8-9-4-1-2-5-11(9)14-7-3-6-12(10)14/h1-2,4-5,10,12H,3,6-8H2,(H,15,16)/p-1/t10-,12+/m1/s1. The fourth-order valence-corrected chi connectivity index (χ4v) is 3.09. The molecule has 2 atom stereocenters. The molecule has 2 heterocycles. The van der Waals surface area contributed by atoms with Gasteiger partial charge in [0.2, 0.25) is 0 Å². The summed E-state index contributed by atoms with van der Waals surface area (Å²) in [5.41, 5.74) is 2.37. The third-order valence-corrected chi connectivity index (χ3v) is 3.81. The highest BCUT2D eigenvalue weighted by Crippen LogP contribution is 2.38. The summed E-state index contributed by atoms with van der Waals surface area (Å²) in [7, 11) is 0. The predicted octanol–water partition coefficient (Wildman–Crippen LogP) is 0.578. The number of hydrogen-bond acceptors (Lipinski definition) is 3. The molecule has 1 aromatic rings. The number of hydrogen-bond donors (Lipinski definition) is 0. The van der Waals surface area contributed by atoms with Gasteiger partial charge in [0.05, 0.1) is 0 Å². The van der Waals surface area contributed by atoms with Crippen LogP contribution in [0.25, 0.3) is 0 Å². The van der Waals surface area contributed by atoms with Crippen LogP contribution in [0.4, 0.5) is 5.69 Å². The van der Waals surface area contributed by atoms with Gasteiger partial charge in [-0.05, 0) is 30.9 Å². The molecule has 0 N–H and O–H groups in total. The van der Waals surface area contributed by atoms with Crippen molar-refractivity contribution in [3.8, 4) is 0 Å². The van der Waals surface area contributed by atoms with E-state index in [4.69, 9.17) is 0 Å². The first-order valence-electron chi connectivity index (χ1n) is 5.83. The second kappa shape index (κ2) is 3.51. The minimum Gasteiger partial charge on any atom is -0.550 e. The van der Waals surface area contributed by atoms with Crippen LogP contribution in [-0.2, 0) is 11.2 Å². The molecule has 2 aliphatic heterocycles. The van der Waals surface area contributed by atoms with Crippen molar-refractivity contribution in [2.45, 2.75) is 25.3 Å². The van der Waals surface area contributed by atoms with Crippen molar-refractivity contribution in [2.75, 3.05) is 11.4 Å². The van der Waals surface area contributed by atoms with Crippen LogP contribution in [-0.4, -0.2) is 18.6 Å². The van der Waals surface area contributed by atoms with Gasteiger partial charge in [-0.1, -0.05) is 18.2 Å². The van der Waals surface area contributed by atoms with Crippen molar-refractivity contribution in [3.05, 3.63) is 29.8 Å². The summed E-state index contributed by atoms with van der Waals surface area (Å²) in [6, 6.07) is 8.27. The first-order valence-corrected chi connectivity index (χ1v) is 5.83. The second-order valence-corrected chi connectivity index (χ2v) is 4.66. The van der Waals surface area contributed by atoms with E-state index in [1.807, 2.05) is 18.2 Å². The number of para-hydroxylation sites is 1. The van der Waals surface area contributed by atoms with Crippen molar-refractivity contribution < 1.29 is 9.90 Å². The number of anilines is 1. The quantitative estimate of drug-likeness (QED) is 0.689. The summed E-state index contributed by atoms with van der Waals surface area (Å²) in [5, 5.41) is 11.2. The molecule has 16 heavy (non-hydrogen) atoms. The smallest absolute Gasteiger partial charge is 0.0469 e. The van der Waals surface area contributed by atoms with Crippen molar-refractivity contribution in [1.29, 1.82) is 0 Å². The van der Waals surface area contributed by atoms with E-state index in [2.05, 4.69) is 11.0 Å². The molecule has 3 rings (SSSR count). The van der Waals surface area contributed by atoms with Gasteiger partial charge in [0, 0.05) is 30.2 Å². The lowest BCUT2D eigenvalue weighted by atomic mass is 9.86. The fourth-order valence-electron chi connectivity index (χ4n) is 3.09. The number of rotatable bonds is 1. The lowest BCUT2D eigenvalue weighted by Crippen LogP contribution is -2.48. The number of carbonyl (C=O) groups excluding carboxylic acids is 1. The van der Waals surface area contributed by atoms with Gasteiger partial charge in [0.25, 0.3) is 0 Å². The molecular formula is C13H14NO2-. The number of carbonyl (C=O) groups is 1. The van der Waals surface area contributed by atoms with Crippen LogP contribution in [0.5, 0.6) is 0 Å². The highest BCUT2D eigenvalue weighted by molar-refractivity contribution is 5.73. The Balaban J connectivity index is 2.05. The van der Waals surface area contributed by atoms with Crippen LogP contribution in [0.15, 0.2) is 24.3 Å². The van der Waals surface area contributed by atoms with Gasteiger partial charge in [0.15, 0.2) is 0 Å². The molecule has 0 amide bonds. The Hall–Kier alpha value is -1.51. The molecule has 0 unspecified atom stereocenters. The van der Waals surface area contributed by atoms with Gasteiger partial charge in [-0.15, -0.1) is 0 Å². The first kappa shape index (κ1) is 9.70. The molecule has 0 aliphatic carbocycles. The van der Waals surface area contributed by atoms with E-state index in [-0.39, 0.29) is 12.0 Å². The summed E-state index contributed by atoms with van der Waals surface area (Å²) in [5.74, 6) is -1.23. The molecule has 1 fully saturated rings. The number of fused-ring (bicyclic) bond motifs is 3. The fraction of sp³-hybridized carbons (Fsp3) is 0.462. The van der Waals surface area contributed by atoms with E-state index in [0.717, 1.165) is 24.9 Å². The molecule has 0 spiro atoms. The second-order valence-electron chi connectivity index (χ2n) is 4.66. The monoisotopic (exact) mass is 216 g/mol. The summed E-state index contributed by atoms with van der Waals surface area (Å²) >= 11 is 0. The molecule has 3 nitrogen and oxygen atoms in total. The molecule has 0 aromatic heterocycles. The summed E-state index contributed by atoms with van der Waals surface area (Å²) in [4.78, 5) is 13.4. The minimum absolute atomic E-state index is 0.153. The van der Waals surface area contributed by atoms with Gasteiger partial charge in [-0.25, -0.2) is 0 Å². The Morgan fingerprint density at radius 1 is 1.38 bits per heavy atom. The van der Waals surface area contributed by atoms with E-state index in [1.165, 1.54) is 5.69 Å². The largest absolute Gasteiger partial charge is 0.550 e. The molecule has 84 valence electrons. The van der Waals surface area contributed by atoms with Gasteiger partial charge in [0.1, 0.15) is 0 Å². The lowest BCUT2D eigenvalue weighted by molar-refractivity contribution is -0.312. The Morgan fingerprint density at radius 2 is 2.19 bits per heavy atom. The number of aliphatic carboxylic acids is 1. The average molecular weight is 216 g/mol. The van der Waals surface area contributed by atoms with Crippen molar-refractivity contribution in [2.24, 2.45) is 5.92 Å². The highest BCUT2D eigenvalue weighted by atomic mass is 16.4. The zero-order valence-electron chi connectivity index (χ0n) is 9.06. The zero-order valence-corrected chi connectivity index (χ0v) is 9.06. The molecule has 0 bridgehead atoms. The molecule has 1 saturated heterocycles. The Labute approximate surface area is 94.7 Å². The summed E-state index contributed by atoms with van der Waals surface area (Å²) in [6.07, 6.45) is 2.69. The van der Waals surface area contributed by atoms with Crippen LogP contribution in [0.1, 0.15) is 18.4 Å². The van der Waals surface area contributed by atoms with E-state index in [1.54, 1.807) is 0 Å². The topological polar surface area (TPSA) is 43.4 Å². The van der Waals surface area contributed by atoms with Crippen LogP contribution in [0.2, 0.25) is 0 Å². The molecule has 1 aromatic carbocycles. The van der Waals surface area contributed by atoms with Crippen molar-refractivity contribution >= 4 is 11.7 Å². The molecule has 2 aliphatic rings. The minimum atomic E-state index is -0.897. The van der Waals surface area contributed by atoms with Crippen LogP contribution in [0, 0.1) is 5.92 Å². The van der Waals surface area contributed by atoms with Gasteiger partial charge >= 0.3 is 0 Å². The SMILES string of the molecule is O=C([O-])[C@@H]1Cc2ccccc2N2CCC[C@@H]12. The molecule has 0 radical (unpaired) electrons. The number of carboxylic acids is 1. The van der Waals surface area contributed by atoms with Crippen molar-refractivity contribution in [3.63, 3.8) is 0 Å². The maximum Gasteiger partial charge on any atom is 0.0469 e. The normalized spacial score (nSPS) is 27.4. The van der Waals surface area contributed by atoms with Crippen LogP contribution >= 0.6 is 0 Å². The first-order chi connectivity index (χ1) is 7.77. The molecule has 0 saturated carbocycles. The van der Waals surface area contributed by atoms with E-state index < -0.39 is 5.97 Å². The highest BCUT2D eigenvalue weighted by Gasteiger charge is 2.37. The Kier molecular flexibility index (Phi) is 2.13. The predicted molar refractivity (Wildman–Crippen MR) is 59.0 cm³/mol. The van der Waals surface area contributed by atoms with E-state index in [0.29, 0.717) is 6.42 Å². The molecular weight excluding hydrogens is 202 g/mol. The maximum absolute atomic E-state index is 11.2. The third-order valence-electron chi connectivity index (χ3n) is 3.81. The van der Waals surface area contributed by atoms with Gasteiger partial charge < -0.3 is 14.8 Å². The van der Waals surface area contributed by atoms with Crippen LogP contribution in [0.3, 0.4) is 0 Å². The molecule has 3 heteroatoms. The number of nitrogens with zero attached hydrogens (tertiary/aromatic N) is 1. The maximum atomic E-state index is 11.2. The summed E-state index contributed by atoms with van der Waals surface area (Å²) in [6.45, 7) is 0.978. The Bertz CT molecular complexity index is 430. The van der Waals surface area contributed by atoms with Gasteiger partial charge in [-0.3, -0.25) is 0 Å². The van der Waals surface area contributed by atoms with Crippen LogP contribution < -0.4 is 10.0 Å². The van der Waals surface area contributed by atoms with E-state index >= 15 is 0 Å². The number of carboxylic acid groups (broad SMARTS) is 1. The Morgan fingerprint density at radius 3 is 3.00 bits per heavy atom. The van der Waals surface area contributed by atoms with Crippen molar-refractivity contribution in [1.82, 2.24) is 0 Å². The number of benzene rings is 1. The summed E-state index contributed by atoms with van der Waals surface area (Å²) < 4.78 is 0. The van der Waals surface area contributed by atoms with E-state index in [9.17, 15) is 9.90 Å². The average Bonchev–Trinajstić information content (AvgIpc) is 2.76. The lowest BCUT2D eigenvalue weighted by Gasteiger charge is -2.40.